The van der Waals surface area contributed by atoms with Crippen LogP contribution < -0.4 is 5.32 Å². The maximum Gasteiger partial charge on any atom is 0.233 e. The minimum atomic E-state index is -0.193. The molecule has 0 aromatic carbocycles. The minimum absolute atomic E-state index is 0.0189. The highest BCUT2D eigenvalue weighted by molar-refractivity contribution is 8.00. The van der Waals surface area contributed by atoms with Crippen molar-refractivity contribution in [3.8, 4) is 0 Å². The number of pyridine rings is 1. The highest BCUT2D eigenvalue weighted by atomic mass is 35.5. The smallest absolute Gasteiger partial charge is 0.233 e. The van der Waals surface area contributed by atoms with Gasteiger partial charge >= 0.3 is 0 Å². The summed E-state index contributed by atoms with van der Waals surface area (Å²) in [6, 6.07) is 3.55. The third-order valence-electron chi connectivity index (χ3n) is 2.07. The average Bonchev–Trinajstić information content (AvgIpc) is 2.28. The lowest BCUT2D eigenvalue weighted by atomic mass is 10.2. The Hall–Kier alpha value is -0.740. The topological polar surface area (TPSA) is 42.0 Å². The Kier molecular flexibility index (Phi) is 5.78. The third-order valence-corrected chi connectivity index (χ3v) is 3.60. The second kappa shape index (κ2) is 6.87. The predicted octanol–water partition coefficient (Wildman–Crippen LogP) is 2.99. The molecule has 0 spiro atoms. The van der Waals surface area contributed by atoms with Crippen LogP contribution in [0, 0.1) is 5.92 Å². The van der Waals surface area contributed by atoms with E-state index in [1.165, 1.54) is 11.8 Å². The van der Waals surface area contributed by atoms with Gasteiger partial charge in [-0.1, -0.05) is 37.2 Å². The molecule has 0 aliphatic heterocycles. The van der Waals surface area contributed by atoms with E-state index in [0.29, 0.717) is 22.5 Å². The third kappa shape index (κ3) is 4.96. The molecule has 3 nitrogen and oxygen atoms in total. The van der Waals surface area contributed by atoms with E-state index < -0.39 is 0 Å². The van der Waals surface area contributed by atoms with E-state index >= 15 is 0 Å². The van der Waals surface area contributed by atoms with Crippen molar-refractivity contribution in [2.45, 2.75) is 31.0 Å². The first-order valence-electron chi connectivity index (χ1n) is 5.55. The molecule has 94 valence electrons. The van der Waals surface area contributed by atoms with Gasteiger partial charge in [0.2, 0.25) is 5.91 Å². The number of nitrogens with one attached hydrogen (secondary N) is 1. The maximum absolute atomic E-state index is 11.8. The van der Waals surface area contributed by atoms with Crippen molar-refractivity contribution in [3.05, 3.63) is 23.4 Å². The Bertz CT molecular complexity index is 385. The lowest BCUT2D eigenvalue weighted by molar-refractivity contribution is -0.120. The molecule has 0 radical (unpaired) electrons. The zero-order chi connectivity index (χ0) is 12.8. The van der Waals surface area contributed by atoms with Gasteiger partial charge in [-0.3, -0.25) is 4.79 Å². The van der Waals surface area contributed by atoms with E-state index in [-0.39, 0.29) is 11.2 Å². The molecule has 1 heterocycles. The van der Waals surface area contributed by atoms with Crippen LogP contribution in [0.1, 0.15) is 20.8 Å². The molecule has 0 bridgehead atoms. The van der Waals surface area contributed by atoms with Crippen LogP contribution in [0.3, 0.4) is 0 Å². The van der Waals surface area contributed by atoms with E-state index in [4.69, 9.17) is 11.6 Å². The number of thioether (sulfide) groups is 1. The Balaban J connectivity index is 2.51. The molecular weight excluding hydrogens is 256 g/mol. The molecule has 0 fully saturated rings. The highest BCUT2D eigenvalue weighted by Crippen LogP contribution is 2.27. The fourth-order valence-electron chi connectivity index (χ4n) is 1.13. The molecule has 1 amide bonds. The molecule has 0 aliphatic rings. The summed E-state index contributed by atoms with van der Waals surface area (Å²) >= 11 is 7.36. The molecule has 0 unspecified atom stereocenters. The van der Waals surface area contributed by atoms with E-state index in [2.05, 4.69) is 24.1 Å². The van der Waals surface area contributed by atoms with Crippen molar-refractivity contribution in [1.82, 2.24) is 10.3 Å². The zero-order valence-corrected chi connectivity index (χ0v) is 11.8. The lowest BCUT2D eigenvalue weighted by Crippen LogP contribution is -2.33. The van der Waals surface area contributed by atoms with Gasteiger partial charge in [-0.2, -0.15) is 0 Å². The Morgan fingerprint density at radius 1 is 1.53 bits per heavy atom. The number of carbonyl (C=O) groups is 1. The van der Waals surface area contributed by atoms with Gasteiger partial charge in [0.05, 0.1) is 10.3 Å². The van der Waals surface area contributed by atoms with E-state index in [1.54, 1.807) is 18.3 Å². The summed E-state index contributed by atoms with van der Waals surface area (Å²) in [4.78, 5) is 15.9. The molecule has 0 saturated carbocycles. The van der Waals surface area contributed by atoms with Gasteiger partial charge in [0.25, 0.3) is 0 Å². The SMILES string of the molecule is CC(C)CNC(=O)[C@H](C)Sc1ncccc1Cl. The number of amides is 1. The van der Waals surface area contributed by atoms with Crippen LogP contribution in [0.15, 0.2) is 23.4 Å². The summed E-state index contributed by atoms with van der Waals surface area (Å²) in [7, 11) is 0. The largest absolute Gasteiger partial charge is 0.355 e. The van der Waals surface area contributed by atoms with Gasteiger partial charge in [-0.25, -0.2) is 4.98 Å². The van der Waals surface area contributed by atoms with Crippen molar-refractivity contribution < 1.29 is 4.79 Å². The lowest BCUT2D eigenvalue weighted by Gasteiger charge is -2.13. The van der Waals surface area contributed by atoms with E-state index in [1.807, 2.05) is 6.92 Å². The number of hydrogen-bond acceptors (Lipinski definition) is 3. The fourth-order valence-corrected chi connectivity index (χ4v) is 2.21. The van der Waals surface area contributed by atoms with Crippen LogP contribution in [-0.2, 0) is 4.79 Å². The van der Waals surface area contributed by atoms with Crippen LogP contribution in [0.5, 0.6) is 0 Å². The minimum Gasteiger partial charge on any atom is -0.355 e. The Labute approximate surface area is 111 Å². The molecule has 0 saturated heterocycles. The zero-order valence-electron chi connectivity index (χ0n) is 10.2. The van der Waals surface area contributed by atoms with Crippen LogP contribution in [-0.4, -0.2) is 22.7 Å². The first-order valence-corrected chi connectivity index (χ1v) is 6.81. The molecule has 0 aliphatic carbocycles. The number of hydrogen-bond donors (Lipinski definition) is 1. The van der Waals surface area contributed by atoms with Crippen molar-refractivity contribution in [2.24, 2.45) is 5.92 Å². The van der Waals surface area contributed by atoms with E-state index in [0.717, 1.165) is 0 Å². The van der Waals surface area contributed by atoms with Crippen LogP contribution in [0.4, 0.5) is 0 Å². The van der Waals surface area contributed by atoms with Crippen LogP contribution >= 0.6 is 23.4 Å². The number of nitrogens with zero attached hydrogens (tertiary/aromatic N) is 1. The molecule has 1 aromatic rings. The second-order valence-electron chi connectivity index (χ2n) is 4.19. The Morgan fingerprint density at radius 3 is 2.82 bits per heavy atom. The molecular formula is C12H17ClN2OS. The summed E-state index contributed by atoms with van der Waals surface area (Å²) < 4.78 is 0. The summed E-state index contributed by atoms with van der Waals surface area (Å²) in [5.41, 5.74) is 0. The monoisotopic (exact) mass is 272 g/mol. The van der Waals surface area contributed by atoms with Crippen molar-refractivity contribution >= 4 is 29.3 Å². The molecule has 1 aromatic heterocycles. The standard InChI is InChI=1S/C12H17ClN2OS/c1-8(2)7-15-11(16)9(3)17-12-10(13)5-4-6-14-12/h4-6,8-9H,7H2,1-3H3,(H,15,16)/t9-/m0/s1. The van der Waals surface area contributed by atoms with Gasteiger partial charge in [-0.05, 0) is 25.0 Å². The van der Waals surface area contributed by atoms with Gasteiger partial charge in [0.1, 0.15) is 5.03 Å². The summed E-state index contributed by atoms with van der Waals surface area (Å²) in [6.07, 6.45) is 1.67. The number of halogens is 1. The molecule has 1 N–H and O–H groups in total. The fraction of sp³-hybridized carbons (Fsp3) is 0.500. The predicted molar refractivity (Wildman–Crippen MR) is 72.4 cm³/mol. The molecule has 5 heteroatoms. The van der Waals surface area contributed by atoms with Gasteiger partial charge in [0.15, 0.2) is 0 Å². The summed E-state index contributed by atoms with van der Waals surface area (Å²) in [5, 5.41) is 3.98. The van der Waals surface area contributed by atoms with Gasteiger partial charge in [0, 0.05) is 12.7 Å². The summed E-state index contributed by atoms with van der Waals surface area (Å²) in [6.45, 7) is 6.67. The van der Waals surface area contributed by atoms with Crippen molar-refractivity contribution in [2.75, 3.05) is 6.54 Å². The Morgan fingerprint density at radius 2 is 2.24 bits per heavy atom. The second-order valence-corrected chi connectivity index (χ2v) is 5.93. The molecule has 1 atom stereocenters. The first-order chi connectivity index (χ1) is 8.00. The molecule has 17 heavy (non-hydrogen) atoms. The van der Waals surface area contributed by atoms with E-state index in [9.17, 15) is 4.79 Å². The number of aromatic nitrogens is 1. The van der Waals surface area contributed by atoms with Gasteiger partial charge < -0.3 is 5.32 Å². The average molecular weight is 273 g/mol. The number of rotatable bonds is 5. The molecule has 1 rings (SSSR count). The summed E-state index contributed by atoms with van der Waals surface area (Å²) in [5.74, 6) is 0.472. The van der Waals surface area contributed by atoms with Crippen LogP contribution in [0.25, 0.3) is 0 Å². The quantitative estimate of drug-likeness (QED) is 0.838. The van der Waals surface area contributed by atoms with Crippen molar-refractivity contribution in [1.29, 1.82) is 0 Å². The van der Waals surface area contributed by atoms with Crippen LogP contribution in [0.2, 0.25) is 5.02 Å². The maximum atomic E-state index is 11.8. The first kappa shape index (κ1) is 14.3. The normalized spacial score (nSPS) is 12.5. The highest BCUT2D eigenvalue weighted by Gasteiger charge is 2.16. The van der Waals surface area contributed by atoms with Crippen molar-refractivity contribution in [3.63, 3.8) is 0 Å². The van der Waals surface area contributed by atoms with Gasteiger partial charge in [-0.15, -0.1) is 0 Å². The number of carbonyl (C=O) groups excluding carboxylic acids is 1.